The number of aliphatic imine (C=N–C) groups is 1. The fourth-order valence-corrected chi connectivity index (χ4v) is 3.21. The van der Waals surface area contributed by atoms with E-state index in [4.69, 9.17) is 4.74 Å². The Morgan fingerprint density at radius 2 is 1.73 bits per heavy atom. The quantitative estimate of drug-likeness (QED) is 0.485. The summed E-state index contributed by atoms with van der Waals surface area (Å²) in [7, 11) is -1.64. The van der Waals surface area contributed by atoms with E-state index in [2.05, 4.69) is 15.6 Å². The Labute approximate surface area is 174 Å². The number of sulfone groups is 1. The van der Waals surface area contributed by atoms with Crippen LogP contribution in [0.1, 0.15) is 11.1 Å². The van der Waals surface area contributed by atoms with Crippen LogP contribution in [0.4, 0.5) is 13.2 Å². The third-order valence-electron chi connectivity index (χ3n) is 4.09. The third kappa shape index (κ3) is 7.94. The van der Waals surface area contributed by atoms with Gasteiger partial charge >= 0.3 is 6.18 Å². The molecule has 30 heavy (non-hydrogen) atoms. The number of nitrogens with zero attached hydrogens (tertiary/aromatic N) is 1. The lowest BCUT2D eigenvalue weighted by molar-refractivity contribution is -0.153. The number of rotatable bonds is 8. The van der Waals surface area contributed by atoms with Crippen LogP contribution in [-0.4, -0.2) is 47.0 Å². The number of halogens is 3. The molecule has 0 spiro atoms. The zero-order valence-electron chi connectivity index (χ0n) is 16.7. The van der Waals surface area contributed by atoms with Crippen molar-refractivity contribution in [3.05, 3.63) is 59.7 Å². The van der Waals surface area contributed by atoms with E-state index >= 15 is 0 Å². The minimum atomic E-state index is -4.41. The molecule has 0 amide bonds. The molecule has 6 nitrogen and oxygen atoms in total. The summed E-state index contributed by atoms with van der Waals surface area (Å²) >= 11 is 0. The van der Waals surface area contributed by atoms with Crippen LogP contribution >= 0.6 is 0 Å². The first-order valence-electron chi connectivity index (χ1n) is 9.09. The van der Waals surface area contributed by atoms with Gasteiger partial charge in [-0.15, -0.1) is 0 Å². The fraction of sp³-hybridized carbons (Fsp3) is 0.350. The van der Waals surface area contributed by atoms with Crippen molar-refractivity contribution in [3.8, 4) is 5.75 Å². The summed E-state index contributed by atoms with van der Waals surface area (Å²) in [5.74, 6) is 0.636. The molecule has 0 aliphatic rings. The van der Waals surface area contributed by atoms with Gasteiger partial charge in [0.15, 0.2) is 22.4 Å². The van der Waals surface area contributed by atoms with Gasteiger partial charge in [0.1, 0.15) is 5.75 Å². The molecule has 0 saturated carbocycles. The molecule has 0 bridgehead atoms. The molecule has 0 heterocycles. The Kier molecular flexibility index (Phi) is 8.10. The van der Waals surface area contributed by atoms with Crippen molar-refractivity contribution in [1.82, 2.24) is 10.6 Å². The summed E-state index contributed by atoms with van der Waals surface area (Å²) in [5.41, 5.74) is 1.53. The smallest absolute Gasteiger partial charge is 0.422 e. The number of hydrogen-bond donors (Lipinski definition) is 2. The van der Waals surface area contributed by atoms with E-state index in [0.717, 1.165) is 11.8 Å². The van der Waals surface area contributed by atoms with Crippen LogP contribution in [0.15, 0.2) is 58.4 Å². The SMILES string of the molecule is CN=C(NCCc1ccc(S(C)(=O)=O)cc1)NCc1ccccc1OCC(F)(F)F. The van der Waals surface area contributed by atoms with E-state index in [-0.39, 0.29) is 17.2 Å². The Bertz CT molecular complexity index is 959. The maximum absolute atomic E-state index is 12.4. The second-order valence-corrected chi connectivity index (χ2v) is 8.55. The minimum absolute atomic E-state index is 0.156. The Morgan fingerprint density at radius 1 is 1.07 bits per heavy atom. The van der Waals surface area contributed by atoms with Gasteiger partial charge in [0.05, 0.1) is 4.90 Å². The predicted octanol–water partition coefficient (Wildman–Crippen LogP) is 2.94. The van der Waals surface area contributed by atoms with E-state index in [0.29, 0.717) is 24.5 Å². The lowest BCUT2D eigenvalue weighted by Crippen LogP contribution is -2.38. The van der Waals surface area contributed by atoms with Crippen molar-refractivity contribution in [1.29, 1.82) is 0 Å². The van der Waals surface area contributed by atoms with Gasteiger partial charge in [-0.3, -0.25) is 4.99 Å². The van der Waals surface area contributed by atoms with Crippen LogP contribution in [0.3, 0.4) is 0 Å². The maximum Gasteiger partial charge on any atom is 0.422 e. The van der Waals surface area contributed by atoms with Crippen molar-refractivity contribution >= 4 is 15.8 Å². The van der Waals surface area contributed by atoms with Crippen LogP contribution in [-0.2, 0) is 22.8 Å². The van der Waals surface area contributed by atoms with E-state index < -0.39 is 22.6 Å². The first kappa shape index (κ1) is 23.5. The van der Waals surface area contributed by atoms with Crippen LogP contribution in [0, 0.1) is 0 Å². The molecule has 0 fully saturated rings. The summed E-state index contributed by atoms with van der Waals surface area (Å²) in [5, 5.41) is 6.15. The van der Waals surface area contributed by atoms with Crippen LogP contribution < -0.4 is 15.4 Å². The number of guanidine groups is 1. The summed E-state index contributed by atoms with van der Waals surface area (Å²) in [6.45, 7) is -0.587. The molecule has 0 radical (unpaired) electrons. The highest BCUT2D eigenvalue weighted by Crippen LogP contribution is 2.22. The zero-order valence-corrected chi connectivity index (χ0v) is 17.5. The summed E-state index contributed by atoms with van der Waals surface area (Å²) in [6.07, 6.45) is -2.61. The van der Waals surface area contributed by atoms with Gasteiger partial charge in [0.2, 0.25) is 0 Å². The summed E-state index contributed by atoms with van der Waals surface area (Å²) < 4.78 is 65.1. The molecule has 2 aromatic carbocycles. The van der Waals surface area contributed by atoms with Gasteiger partial charge in [-0.25, -0.2) is 8.42 Å². The normalized spacial score (nSPS) is 12.5. The number of hydrogen-bond acceptors (Lipinski definition) is 4. The van der Waals surface area contributed by atoms with Gasteiger partial charge in [0.25, 0.3) is 0 Å². The van der Waals surface area contributed by atoms with Gasteiger partial charge in [-0.05, 0) is 30.2 Å². The maximum atomic E-state index is 12.4. The molecule has 0 aliphatic heterocycles. The fourth-order valence-electron chi connectivity index (χ4n) is 2.58. The van der Waals surface area contributed by atoms with Crippen molar-refractivity contribution in [2.45, 2.75) is 24.0 Å². The molecule has 0 saturated heterocycles. The Morgan fingerprint density at radius 3 is 2.33 bits per heavy atom. The van der Waals surface area contributed by atoms with Crippen LogP contribution in [0.25, 0.3) is 0 Å². The third-order valence-corrected chi connectivity index (χ3v) is 5.22. The highest BCUT2D eigenvalue weighted by atomic mass is 32.2. The number of alkyl halides is 3. The first-order chi connectivity index (χ1) is 14.1. The number of para-hydroxylation sites is 1. The van der Waals surface area contributed by atoms with Crippen molar-refractivity contribution in [2.24, 2.45) is 4.99 Å². The zero-order chi connectivity index (χ0) is 22.2. The number of nitrogens with one attached hydrogen (secondary N) is 2. The van der Waals surface area contributed by atoms with Crippen molar-refractivity contribution in [3.63, 3.8) is 0 Å². The molecule has 2 aromatic rings. The molecule has 0 aromatic heterocycles. The van der Waals surface area contributed by atoms with Crippen molar-refractivity contribution < 1.29 is 26.3 Å². The van der Waals surface area contributed by atoms with Crippen LogP contribution in [0.5, 0.6) is 5.75 Å². The molecular formula is C20H24F3N3O3S. The summed E-state index contributed by atoms with van der Waals surface area (Å²) in [4.78, 5) is 4.36. The van der Waals surface area contributed by atoms with Gasteiger partial charge in [0, 0.05) is 32.0 Å². The second-order valence-electron chi connectivity index (χ2n) is 6.53. The highest BCUT2D eigenvalue weighted by molar-refractivity contribution is 7.90. The predicted molar refractivity (Wildman–Crippen MR) is 109 cm³/mol. The molecule has 2 rings (SSSR count). The van der Waals surface area contributed by atoms with Gasteiger partial charge in [-0.1, -0.05) is 30.3 Å². The van der Waals surface area contributed by atoms with Crippen molar-refractivity contribution in [2.75, 3.05) is 26.5 Å². The molecule has 10 heteroatoms. The minimum Gasteiger partial charge on any atom is -0.484 e. The summed E-state index contributed by atoms with van der Waals surface area (Å²) in [6, 6.07) is 13.1. The van der Waals surface area contributed by atoms with E-state index in [1.54, 1.807) is 49.5 Å². The van der Waals surface area contributed by atoms with Gasteiger partial charge < -0.3 is 15.4 Å². The first-order valence-corrected chi connectivity index (χ1v) is 11.0. The van der Waals surface area contributed by atoms with E-state index in [1.807, 2.05) is 0 Å². The van der Waals surface area contributed by atoms with E-state index in [1.165, 1.54) is 6.07 Å². The Balaban J connectivity index is 1.86. The molecule has 164 valence electrons. The number of benzene rings is 2. The monoisotopic (exact) mass is 443 g/mol. The average Bonchev–Trinajstić information content (AvgIpc) is 2.68. The number of ether oxygens (including phenoxy) is 1. The standard InChI is InChI=1S/C20H24F3N3O3S/c1-24-19(25-12-11-15-7-9-17(10-8-15)30(2,27)28)26-13-16-5-3-4-6-18(16)29-14-20(21,22)23/h3-10H,11-14H2,1-2H3,(H2,24,25,26). The lowest BCUT2D eigenvalue weighted by atomic mass is 10.1. The second kappa shape index (κ2) is 10.3. The molecule has 0 aliphatic carbocycles. The highest BCUT2D eigenvalue weighted by Gasteiger charge is 2.28. The molecule has 0 unspecified atom stereocenters. The Hall–Kier alpha value is -2.75. The molecule has 0 atom stereocenters. The topological polar surface area (TPSA) is 79.8 Å². The molecular weight excluding hydrogens is 419 g/mol. The molecule has 2 N–H and O–H groups in total. The van der Waals surface area contributed by atoms with Gasteiger partial charge in [-0.2, -0.15) is 13.2 Å². The lowest BCUT2D eigenvalue weighted by Gasteiger charge is -2.15. The van der Waals surface area contributed by atoms with E-state index in [9.17, 15) is 21.6 Å². The average molecular weight is 443 g/mol. The largest absolute Gasteiger partial charge is 0.484 e. The van der Waals surface area contributed by atoms with Crippen LogP contribution in [0.2, 0.25) is 0 Å².